The number of ether oxygens (including phenoxy) is 3. The van der Waals surface area contributed by atoms with E-state index in [1.807, 2.05) is 0 Å². The van der Waals surface area contributed by atoms with Gasteiger partial charge in [-0.2, -0.15) is 0 Å². The monoisotopic (exact) mass is 269 g/mol. The molecule has 1 amide bonds. The molecule has 0 spiro atoms. The summed E-state index contributed by atoms with van der Waals surface area (Å²) in [5, 5.41) is 0. The summed E-state index contributed by atoms with van der Waals surface area (Å²) in [5.41, 5.74) is 0. The van der Waals surface area contributed by atoms with Gasteiger partial charge in [0.05, 0.1) is 26.7 Å². The molecule has 0 bridgehead atoms. The number of hydrogen-bond acceptors (Lipinski definition) is 5. The fraction of sp³-hybridized carbons (Fsp3) is 0.538. The second kappa shape index (κ2) is 7.58. The Morgan fingerprint density at radius 1 is 1.47 bits per heavy atom. The van der Waals surface area contributed by atoms with Gasteiger partial charge in [0.1, 0.15) is 11.9 Å². The van der Waals surface area contributed by atoms with E-state index >= 15 is 0 Å². The lowest BCUT2D eigenvalue weighted by atomic mass is 10.3. The van der Waals surface area contributed by atoms with E-state index in [2.05, 4.69) is 6.58 Å². The summed E-state index contributed by atoms with van der Waals surface area (Å²) < 4.78 is 14.9. The van der Waals surface area contributed by atoms with Gasteiger partial charge >= 0.3 is 5.97 Å². The molecule has 6 heteroatoms. The van der Waals surface area contributed by atoms with Crippen LogP contribution in [0.15, 0.2) is 24.5 Å². The minimum Gasteiger partial charge on any atom is -0.497 e. The van der Waals surface area contributed by atoms with Crippen molar-refractivity contribution in [2.45, 2.75) is 12.5 Å². The van der Waals surface area contributed by atoms with Crippen LogP contribution in [-0.2, 0) is 23.8 Å². The first-order valence-electron chi connectivity index (χ1n) is 5.95. The third-order valence-corrected chi connectivity index (χ3v) is 2.69. The van der Waals surface area contributed by atoms with Gasteiger partial charge in [0.15, 0.2) is 0 Å². The van der Waals surface area contributed by atoms with Crippen LogP contribution in [0.4, 0.5) is 0 Å². The zero-order chi connectivity index (χ0) is 14.3. The lowest BCUT2D eigenvalue weighted by molar-refractivity contribution is -0.142. The minimum atomic E-state index is -0.510. The Labute approximate surface area is 112 Å². The molecule has 1 saturated heterocycles. The van der Waals surface area contributed by atoms with Crippen molar-refractivity contribution in [2.75, 3.05) is 33.9 Å². The van der Waals surface area contributed by atoms with Gasteiger partial charge in [0.25, 0.3) is 0 Å². The van der Waals surface area contributed by atoms with Gasteiger partial charge < -0.3 is 19.1 Å². The molecule has 0 aromatic heterocycles. The summed E-state index contributed by atoms with van der Waals surface area (Å²) in [6.07, 6.45) is 2.46. The van der Waals surface area contributed by atoms with Crippen LogP contribution in [0.5, 0.6) is 0 Å². The second-order valence-electron chi connectivity index (χ2n) is 4.10. The van der Waals surface area contributed by atoms with E-state index in [0.29, 0.717) is 25.5 Å². The highest BCUT2D eigenvalue weighted by Gasteiger charge is 2.31. The van der Waals surface area contributed by atoms with Crippen molar-refractivity contribution in [1.82, 2.24) is 4.90 Å². The van der Waals surface area contributed by atoms with Crippen molar-refractivity contribution in [3.8, 4) is 0 Å². The lowest BCUT2D eigenvalue weighted by Crippen LogP contribution is -2.30. The maximum absolute atomic E-state index is 11.6. The largest absolute Gasteiger partial charge is 0.497 e. The van der Waals surface area contributed by atoms with Crippen LogP contribution < -0.4 is 0 Å². The van der Waals surface area contributed by atoms with E-state index in [9.17, 15) is 9.59 Å². The average molecular weight is 269 g/mol. The maximum atomic E-state index is 11.6. The second-order valence-corrected chi connectivity index (χ2v) is 4.10. The quantitative estimate of drug-likeness (QED) is 0.291. The van der Waals surface area contributed by atoms with Crippen molar-refractivity contribution < 1.29 is 23.8 Å². The van der Waals surface area contributed by atoms with Crippen LogP contribution in [0.3, 0.4) is 0 Å². The Bertz CT molecular complexity index is 377. The normalized spacial score (nSPS) is 18.9. The van der Waals surface area contributed by atoms with Crippen LogP contribution in [0.25, 0.3) is 0 Å². The zero-order valence-corrected chi connectivity index (χ0v) is 11.3. The van der Waals surface area contributed by atoms with Crippen molar-refractivity contribution >= 4 is 11.9 Å². The van der Waals surface area contributed by atoms with E-state index in [-0.39, 0.29) is 12.3 Å². The highest BCUT2D eigenvalue weighted by molar-refractivity contribution is 5.84. The Morgan fingerprint density at radius 2 is 2.21 bits per heavy atom. The number of nitrogens with zero attached hydrogens (tertiary/aromatic N) is 1. The zero-order valence-electron chi connectivity index (χ0n) is 11.3. The van der Waals surface area contributed by atoms with Crippen molar-refractivity contribution in [3.05, 3.63) is 24.5 Å². The maximum Gasteiger partial charge on any atom is 0.331 e. The first-order chi connectivity index (χ1) is 9.06. The SMILES string of the molecule is C=C(/C=C/C(=O)OC1CC(=O)N(CCOC)C1)OC. The van der Waals surface area contributed by atoms with Gasteiger partial charge in [-0.1, -0.05) is 6.58 Å². The molecule has 0 aliphatic carbocycles. The third kappa shape index (κ3) is 5.13. The Kier molecular flexibility index (Phi) is 6.08. The summed E-state index contributed by atoms with van der Waals surface area (Å²) in [6.45, 7) is 4.94. The van der Waals surface area contributed by atoms with Crippen LogP contribution in [0.1, 0.15) is 6.42 Å². The van der Waals surface area contributed by atoms with Gasteiger partial charge in [-0.3, -0.25) is 4.79 Å². The standard InChI is InChI=1S/C13H19NO5/c1-10(18-3)4-5-13(16)19-11-8-12(15)14(9-11)6-7-17-2/h4-5,11H,1,6-9H2,2-3H3/b5-4+. The van der Waals surface area contributed by atoms with Crippen molar-refractivity contribution in [3.63, 3.8) is 0 Å². The molecule has 0 radical (unpaired) electrons. The third-order valence-electron chi connectivity index (χ3n) is 2.69. The minimum absolute atomic E-state index is 0.0277. The van der Waals surface area contributed by atoms with E-state index in [1.165, 1.54) is 19.3 Å². The smallest absolute Gasteiger partial charge is 0.331 e. The van der Waals surface area contributed by atoms with Crippen LogP contribution in [0.2, 0.25) is 0 Å². The molecule has 0 N–H and O–H groups in total. The van der Waals surface area contributed by atoms with E-state index in [0.717, 1.165) is 0 Å². The molecule has 0 saturated carbocycles. The van der Waals surface area contributed by atoms with Crippen molar-refractivity contribution in [1.29, 1.82) is 0 Å². The van der Waals surface area contributed by atoms with Gasteiger partial charge in [-0.05, 0) is 6.08 Å². The van der Waals surface area contributed by atoms with Gasteiger partial charge in [-0.15, -0.1) is 0 Å². The summed E-state index contributed by atoms with van der Waals surface area (Å²) in [7, 11) is 3.03. The molecule has 106 valence electrons. The molecule has 0 aromatic rings. The van der Waals surface area contributed by atoms with E-state index in [1.54, 1.807) is 12.0 Å². The highest BCUT2D eigenvalue weighted by Crippen LogP contribution is 2.14. The molecule has 1 unspecified atom stereocenters. The Balaban J connectivity index is 2.38. The molecule has 0 aromatic carbocycles. The predicted molar refractivity (Wildman–Crippen MR) is 68.2 cm³/mol. The van der Waals surface area contributed by atoms with Crippen molar-refractivity contribution in [2.24, 2.45) is 0 Å². The van der Waals surface area contributed by atoms with E-state index in [4.69, 9.17) is 14.2 Å². The molecular formula is C13H19NO5. The molecule has 19 heavy (non-hydrogen) atoms. The number of amides is 1. The molecule has 1 atom stereocenters. The lowest BCUT2D eigenvalue weighted by Gasteiger charge is -2.15. The topological polar surface area (TPSA) is 65.1 Å². The number of methoxy groups -OCH3 is 2. The molecule has 1 aliphatic heterocycles. The number of allylic oxidation sites excluding steroid dienone is 1. The van der Waals surface area contributed by atoms with Gasteiger partial charge in [-0.25, -0.2) is 4.79 Å². The fourth-order valence-electron chi connectivity index (χ4n) is 1.67. The van der Waals surface area contributed by atoms with Crippen LogP contribution in [0, 0.1) is 0 Å². The number of likely N-dealkylation sites (tertiary alicyclic amines) is 1. The molecule has 1 heterocycles. The van der Waals surface area contributed by atoms with Crippen LogP contribution in [-0.4, -0.2) is 56.8 Å². The van der Waals surface area contributed by atoms with Gasteiger partial charge in [0, 0.05) is 19.7 Å². The number of hydrogen-bond donors (Lipinski definition) is 0. The highest BCUT2D eigenvalue weighted by atomic mass is 16.5. The predicted octanol–water partition coefficient (Wildman–Crippen LogP) is 0.493. The van der Waals surface area contributed by atoms with Crippen LogP contribution >= 0.6 is 0 Å². The van der Waals surface area contributed by atoms with E-state index < -0.39 is 12.1 Å². The molecular weight excluding hydrogens is 250 g/mol. The molecule has 1 fully saturated rings. The number of carbonyl (C=O) groups excluding carboxylic acids is 2. The van der Waals surface area contributed by atoms with Gasteiger partial charge in [0.2, 0.25) is 5.91 Å². The first-order valence-corrected chi connectivity index (χ1v) is 5.95. The number of esters is 1. The fourth-order valence-corrected chi connectivity index (χ4v) is 1.67. The Morgan fingerprint density at radius 3 is 2.84 bits per heavy atom. The summed E-state index contributed by atoms with van der Waals surface area (Å²) in [6, 6.07) is 0. The number of carbonyl (C=O) groups is 2. The molecule has 6 nitrogen and oxygen atoms in total. The number of rotatable bonds is 7. The first kappa shape index (κ1) is 15.2. The average Bonchev–Trinajstić information content (AvgIpc) is 2.73. The molecule has 1 rings (SSSR count). The molecule has 1 aliphatic rings. The summed E-state index contributed by atoms with van der Waals surface area (Å²) in [5.74, 6) is -0.175. The summed E-state index contributed by atoms with van der Waals surface area (Å²) in [4.78, 5) is 24.7. The Hall–Kier alpha value is -1.82. The summed E-state index contributed by atoms with van der Waals surface area (Å²) >= 11 is 0.